The molecule has 0 aromatic heterocycles. The summed E-state index contributed by atoms with van der Waals surface area (Å²) in [7, 11) is 0. The summed E-state index contributed by atoms with van der Waals surface area (Å²) in [6.07, 6.45) is -0.723. The first-order valence-corrected chi connectivity index (χ1v) is 9.29. The Morgan fingerprint density at radius 1 is 1.10 bits per heavy atom. The van der Waals surface area contributed by atoms with Gasteiger partial charge in [-0.15, -0.1) is 0 Å². The topological polar surface area (TPSA) is 135 Å². The maximum Gasteiger partial charge on any atom is 0.516 e. The molecule has 2 rings (SSSR count). The maximum atomic E-state index is 12.1. The van der Waals surface area contributed by atoms with Crippen LogP contribution in [0.4, 0.5) is 15.3 Å². The molecule has 1 aliphatic rings. The van der Waals surface area contributed by atoms with E-state index in [0.717, 1.165) is 0 Å². The molecule has 1 aromatic rings. The molecular formula is C19H24N2O9. The number of nitro benzene ring substituents is 1. The number of esters is 1. The van der Waals surface area contributed by atoms with E-state index >= 15 is 0 Å². The fourth-order valence-electron chi connectivity index (χ4n) is 2.64. The number of nitrogens with zero attached hydrogens (tertiary/aromatic N) is 2. The number of ether oxygens (including phenoxy) is 4. The third-order valence-corrected chi connectivity index (χ3v) is 4.11. The minimum atomic E-state index is -1.11. The summed E-state index contributed by atoms with van der Waals surface area (Å²) < 4.78 is 19.7. The van der Waals surface area contributed by atoms with E-state index in [2.05, 4.69) is 4.74 Å². The van der Waals surface area contributed by atoms with Crippen LogP contribution in [0.1, 0.15) is 33.6 Å². The number of hydrogen-bond donors (Lipinski definition) is 0. The van der Waals surface area contributed by atoms with Crippen molar-refractivity contribution in [1.29, 1.82) is 0 Å². The molecule has 1 amide bonds. The molecule has 0 unspecified atom stereocenters. The molecule has 11 heteroatoms. The first-order chi connectivity index (χ1) is 14.0. The van der Waals surface area contributed by atoms with Gasteiger partial charge < -0.3 is 23.8 Å². The van der Waals surface area contributed by atoms with Crippen LogP contribution < -0.4 is 4.74 Å². The summed E-state index contributed by atoms with van der Waals surface area (Å²) in [5.74, 6) is -0.911. The van der Waals surface area contributed by atoms with Crippen LogP contribution in [0.15, 0.2) is 24.3 Å². The van der Waals surface area contributed by atoms with Crippen LogP contribution in [-0.4, -0.2) is 53.5 Å². The SMILES string of the molecule is CC(C)(C)OC(=O)N1CCC(C(=O)OCOC(=O)Oc2ccc([N+](=O)[O-])cc2)CC1. The van der Waals surface area contributed by atoms with Crippen LogP contribution in [0.2, 0.25) is 0 Å². The molecule has 1 saturated heterocycles. The average Bonchev–Trinajstić information content (AvgIpc) is 2.67. The second-order valence-corrected chi connectivity index (χ2v) is 7.57. The number of likely N-dealkylation sites (tertiary alicyclic amines) is 1. The summed E-state index contributed by atoms with van der Waals surface area (Å²) in [6, 6.07) is 4.83. The number of piperidine rings is 1. The number of non-ortho nitro benzene ring substituents is 1. The predicted octanol–water partition coefficient (Wildman–Crippen LogP) is 3.26. The highest BCUT2D eigenvalue weighted by molar-refractivity contribution is 5.74. The van der Waals surface area contributed by atoms with Crippen molar-refractivity contribution in [3.8, 4) is 5.75 Å². The maximum absolute atomic E-state index is 12.1. The van der Waals surface area contributed by atoms with Gasteiger partial charge >= 0.3 is 18.2 Å². The minimum Gasteiger partial charge on any atom is -0.444 e. The lowest BCUT2D eigenvalue weighted by Gasteiger charge is -2.32. The van der Waals surface area contributed by atoms with Crippen molar-refractivity contribution < 1.29 is 38.3 Å². The van der Waals surface area contributed by atoms with Gasteiger partial charge in [-0.25, -0.2) is 9.59 Å². The fourth-order valence-corrected chi connectivity index (χ4v) is 2.64. The second kappa shape index (κ2) is 9.90. The van der Waals surface area contributed by atoms with Crippen molar-refractivity contribution in [2.75, 3.05) is 19.9 Å². The van der Waals surface area contributed by atoms with Gasteiger partial charge in [0, 0.05) is 25.2 Å². The molecule has 0 saturated carbocycles. The molecular weight excluding hydrogens is 400 g/mol. The van der Waals surface area contributed by atoms with E-state index in [0.29, 0.717) is 25.9 Å². The van der Waals surface area contributed by atoms with Gasteiger partial charge in [-0.1, -0.05) is 0 Å². The predicted molar refractivity (Wildman–Crippen MR) is 102 cm³/mol. The Hall–Kier alpha value is -3.37. The number of amides is 1. The molecule has 0 radical (unpaired) electrons. The molecule has 1 aromatic carbocycles. The van der Waals surface area contributed by atoms with Gasteiger partial charge in [-0.3, -0.25) is 14.9 Å². The van der Waals surface area contributed by atoms with Gasteiger partial charge in [-0.2, -0.15) is 0 Å². The van der Waals surface area contributed by atoms with E-state index in [9.17, 15) is 24.5 Å². The Morgan fingerprint density at radius 3 is 2.23 bits per heavy atom. The summed E-state index contributed by atoms with van der Waals surface area (Å²) in [5, 5.41) is 10.6. The van der Waals surface area contributed by atoms with Gasteiger partial charge in [0.25, 0.3) is 5.69 Å². The zero-order valence-electron chi connectivity index (χ0n) is 17.0. The van der Waals surface area contributed by atoms with Crippen molar-refractivity contribution in [3.63, 3.8) is 0 Å². The minimum absolute atomic E-state index is 0.0476. The van der Waals surface area contributed by atoms with Crippen LogP contribution >= 0.6 is 0 Å². The molecule has 0 spiro atoms. The highest BCUT2D eigenvalue weighted by Gasteiger charge is 2.30. The first-order valence-electron chi connectivity index (χ1n) is 9.29. The summed E-state index contributed by atoms with van der Waals surface area (Å²) in [4.78, 5) is 47.2. The largest absolute Gasteiger partial charge is 0.516 e. The molecule has 0 bridgehead atoms. The number of hydrogen-bond acceptors (Lipinski definition) is 9. The van der Waals surface area contributed by atoms with E-state index in [-0.39, 0.29) is 11.4 Å². The molecule has 11 nitrogen and oxygen atoms in total. The van der Waals surface area contributed by atoms with Crippen LogP contribution in [-0.2, 0) is 19.0 Å². The monoisotopic (exact) mass is 424 g/mol. The number of nitro groups is 1. The van der Waals surface area contributed by atoms with Gasteiger partial charge in [0.15, 0.2) is 0 Å². The highest BCUT2D eigenvalue weighted by atomic mass is 16.8. The molecule has 0 aliphatic carbocycles. The summed E-state index contributed by atoms with van der Waals surface area (Å²) in [6.45, 7) is 5.43. The van der Waals surface area contributed by atoms with Crippen LogP contribution in [0.25, 0.3) is 0 Å². The number of benzene rings is 1. The number of rotatable bonds is 5. The van der Waals surface area contributed by atoms with E-state index in [1.54, 1.807) is 20.8 Å². The Morgan fingerprint density at radius 2 is 1.70 bits per heavy atom. The standard InChI is InChI=1S/C19H24N2O9/c1-19(2,3)30-17(23)20-10-8-13(9-11-20)16(22)27-12-28-18(24)29-15-6-4-14(5-7-15)21(25)26/h4-7,13H,8-12H2,1-3H3. The highest BCUT2D eigenvalue weighted by Crippen LogP contribution is 2.21. The Balaban J connectivity index is 1.68. The van der Waals surface area contributed by atoms with E-state index < -0.39 is 41.5 Å². The Labute approximate surface area is 173 Å². The molecule has 0 N–H and O–H groups in total. The van der Waals surface area contributed by atoms with Crippen molar-refractivity contribution in [2.24, 2.45) is 5.92 Å². The molecule has 164 valence electrons. The lowest BCUT2D eigenvalue weighted by molar-refractivity contribution is -0.384. The van der Waals surface area contributed by atoms with Gasteiger partial charge in [0.05, 0.1) is 10.8 Å². The second-order valence-electron chi connectivity index (χ2n) is 7.57. The third kappa shape index (κ3) is 7.22. The van der Waals surface area contributed by atoms with Crippen LogP contribution in [0, 0.1) is 16.0 Å². The lowest BCUT2D eigenvalue weighted by Crippen LogP contribution is -2.43. The molecule has 1 heterocycles. The summed E-state index contributed by atoms with van der Waals surface area (Å²) >= 11 is 0. The van der Waals surface area contributed by atoms with E-state index in [1.807, 2.05) is 0 Å². The van der Waals surface area contributed by atoms with Gasteiger partial charge in [0.2, 0.25) is 6.79 Å². The van der Waals surface area contributed by atoms with Crippen molar-refractivity contribution >= 4 is 23.9 Å². The van der Waals surface area contributed by atoms with Gasteiger partial charge in [-0.05, 0) is 45.7 Å². The fraction of sp³-hybridized carbons (Fsp3) is 0.526. The van der Waals surface area contributed by atoms with Crippen molar-refractivity contribution in [1.82, 2.24) is 4.90 Å². The molecule has 1 aliphatic heterocycles. The number of carbonyl (C=O) groups excluding carboxylic acids is 3. The zero-order chi connectivity index (χ0) is 22.3. The normalized spacial score (nSPS) is 14.6. The van der Waals surface area contributed by atoms with Crippen molar-refractivity contribution in [3.05, 3.63) is 34.4 Å². The Bertz CT molecular complexity index is 778. The van der Waals surface area contributed by atoms with Crippen LogP contribution in [0.5, 0.6) is 5.75 Å². The quantitative estimate of drug-likeness (QED) is 0.229. The van der Waals surface area contributed by atoms with Gasteiger partial charge in [0.1, 0.15) is 11.4 Å². The Kier molecular flexibility index (Phi) is 7.56. The molecule has 1 fully saturated rings. The summed E-state index contributed by atoms with van der Waals surface area (Å²) in [5.41, 5.74) is -0.741. The van der Waals surface area contributed by atoms with E-state index in [4.69, 9.17) is 14.2 Å². The molecule has 30 heavy (non-hydrogen) atoms. The molecule has 0 atom stereocenters. The smallest absolute Gasteiger partial charge is 0.444 e. The zero-order valence-corrected chi connectivity index (χ0v) is 17.0. The lowest BCUT2D eigenvalue weighted by atomic mass is 9.97. The third-order valence-electron chi connectivity index (χ3n) is 4.11. The van der Waals surface area contributed by atoms with Crippen LogP contribution in [0.3, 0.4) is 0 Å². The average molecular weight is 424 g/mol. The first kappa shape index (κ1) is 22.9. The number of carbonyl (C=O) groups is 3. The van der Waals surface area contributed by atoms with Crippen molar-refractivity contribution in [2.45, 2.75) is 39.2 Å². The van der Waals surface area contributed by atoms with E-state index in [1.165, 1.54) is 29.2 Å².